The Bertz CT molecular complexity index is 1930. The summed E-state index contributed by atoms with van der Waals surface area (Å²) >= 11 is 0. The molecule has 5 fully saturated rings. The predicted molar refractivity (Wildman–Crippen MR) is 215 cm³/mol. The number of fused-ring (bicyclic) bond motifs is 2. The summed E-state index contributed by atoms with van der Waals surface area (Å²) in [6.45, 7) is 11.5. The second-order valence-electron chi connectivity index (χ2n) is 17.9. The third-order valence-electron chi connectivity index (χ3n) is 12.2. The van der Waals surface area contributed by atoms with Crippen molar-refractivity contribution in [1.82, 2.24) is 26.6 Å². The number of hydrogen-bond acceptors (Lipinski definition) is 9. The van der Waals surface area contributed by atoms with Crippen molar-refractivity contribution >= 4 is 29.5 Å². The van der Waals surface area contributed by atoms with E-state index < -0.39 is 70.6 Å². The Morgan fingerprint density at radius 1 is 0.850 bits per heavy atom. The summed E-state index contributed by atoms with van der Waals surface area (Å²) in [5, 5.41) is 13.4. The largest absolute Gasteiger partial charge is 0.356 e. The zero-order valence-corrected chi connectivity index (χ0v) is 35.3. The second kappa shape index (κ2) is 18.6. The average molecular weight is 840 g/mol. The number of benzene rings is 2. The normalized spacial score (nSPS) is 28.7. The summed E-state index contributed by atoms with van der Waals surface area (Å²) in [5.41, 5.74) is -1.08. The van der Waals surface area contributed by atoms with Gasteiger partial charge in [0.15, 0.2) is 11.9 Å². The first-order chi connectivity index (χ1) is 28.4. The summed E-state index contributed by atoms with van der Waals surface area (Å²) in [4.78, 5) is 77.2. The first-order valence-electron chi connectivity index (χ1n) is 21.1. The lowest BCUT2D eigenvalue weighted by atomic mass is 9.57. The van der Waals surface area contributed by atoms with E-state index in [1.807, 2.05) is 6.92 Å². The van der Waals surface area contributed by atoms with Crippen molar-refractivity contribution in [3.05, 3.63) is 59.7 Å². The van der Waals surface area contributed by atoms with Crippen LogP contribution in [-0.4, -0.2) is 84.5 Å². The lowest BCUT2D eigenvalue weighted by Crippen LogP contribution is -2.70. The minimum absolute atomic E-state index is 0.00407. The highest BCUT2D eigenvalue weighted by Gasteiger charge is 2.69. The number of nitrogens with one attached hydrogen (secondary N) is 5. The second-order valence-corrected chi connectivity index (χ2v) is 17.9. The van der Waals surface area contributed by atoms with Gasteiger partial charge >= 0.3 is 0 Å². The van der Waals surface area contributed by atoms with Crippen LogP contribution >= 0.6 is 0 Å². The van der Waals surface area contributed by atoms with Crippen molar-refractivity contribution in [2.24, 2.45) is 23.7 Å². The third kappa shape index (κ3) is 10.3. The molecule has 5 N–H and O–H groups in total. The van der Waals surface area contributed by atoms with Crippen molar-refractivity contribution in [2.45, 2.75) is 128 Å². The maximum Gasteiger partial charge on any atom is 0.254 e. The van der Waals surface area contributed by atoms with Gasteiger partial charge in [0, 0.05) is 49.5 Å². The molecule has 4 saturated heterocycles. The van der Waals surface area contributed by atoms with Crippen molar-refractivity contribution in [3.63, 3.8) is 0 Å². The lowest BCUT2D eigenvalue weighted by molar-refractivity contribution is -0.570. The van der Waals surface area contributed by atoms with Gasteiger partial charge in [0.05, 0.1) is 24.5 Å². The van der Waals surface area contributed by atoms with Gasteiger partial charge < -0.3 is 36.1 Å². The van der Waals surface area contributed by atoms with Crippen LogP contribution in [-0.2, 0) is 38.4 Å². The van der Waals surface area contributed by atoms with Crippen LogP contribution in [0.15, 0.2) is 42.5 Å². The molecule has 60 heavy (non-hydrogen) atoms. The van der Waals surface area contributed by atoms with E-state index in [4.69, 9.17) is 19.2 Å². The van der Waals surface area contributed by atoms with Gasteiger partial charge in [-0.2, -0.15) is 0 Å². The van der Waals surface area contributed by atoms with E-state index in [1.165, 1.54) is 30.3 Å². The summed E-state index contributed by atoms with van der Waals surface area (Å²) in [6.07, 6.45) is 2.51. The smallest absolute Gasteiger partial charge is 0.254 e. The topological polar surface area (TPSA) is 182 Å². The monoisotopic (exact) mass is 839 g/mol. The van der Waals surface area contributed by atoms with Crippen LogP contribution in [0.3, 0.4) is 0 Å². The Morgan fingerprint density at radius 2 is 1.60 bits per heavy atom. The highest BCUT2D eigenvalue weighted by atomic mass is 19.1. The van der Waals surface area contributed by atoms with Crippen LogP contribution in [0.4, 0.5) is 8.78 Å². The SMILES string of the molecule is C[C@H]1[C@@H](CC(=O)NCCCC(=O)NC(CC(=O)NC(C)(C)C)C(=O)NCCNC(=O)c2cc(-c3ccccc3F)ccc2F)O[C@@H]2O[C@@]3(C)CC[C@H]4[C@H](C)CC[C@@H]1[C@@]24OO3. The fraction of sp³-hybridized carbons (Fsp3) is 0.614. The average Bonchev–Trinajstić information content (AvgIpc) is 3.42. The Balaban J connectivity index is 0.966. The molecule has 2 aromatic rings. The van der Waals surface area contributed by atoms with Crippen LogP contribution < -0.4 is 26.6 Å². The molecule has 4 heterocycles. The van der Waals surface area contributed by atoms with E-state index in [1.54, 1.807) is 26.8 Å². The standard InChI is InChI=1S/C44H59F2N5O9/c1-25-13-15-31-26(2)35(57-41-44(31)30(25)17-18-43(6,58-41)59-60-44)24-37(53)47-19-9-12-36(52)50-34(23-38(54)51-42(3,4)5)40(56)49-21-20-48-39(55)29-22-27(14-16-33(29)46)28-10-7-8-11-32(28)45/h7-8,10-11,14,16,22,25-26,30-31,34-35,41H,9,12-13,15,17-21,23-24H2,1-6H3,(H,47,53)(H,48,55)(H,49,56)(H,50,52)(H,51,54)/t25-,26-,30+,31+,34?,35-,41-,43-,44-/m1/s1. The molecule has 14 nitrogen and oxygen atoms in total. The first kappa shape index (κ1) is 45.0. The molecule has 2 aromatic carbocycles. The van der Waals surface area contributed by atoms with Crippen LogP contribution in [0.5, 0.6) is 0 Å². The molecule has 2 bridgehead atoms. The summed E-state index contributed by atoms with van der Waals surface area (Å²) in [7, 11) is 0. The van der Waals surface area contributed by atoms with Crippen LogP contribution in [0.1, 0.15) is 103 Å². The highest BCUT2D eigenvalue weighted by molar-refractivity contribution is 5.96. The minimum Gasteiger partial charge on any atom is -0.356 e. The molecular weight excluding hydrogens is 781 g/mol. The van der Waals surface area contributed by atoms with E-state index in [2.05, 4.69) is 40.4 Å². The summed E-state index contributed by atoms with van der Waals surface area (Å²) in [5.74, 6) is -4.13. The molecule has 5 amide bonds. The summed E-state index contributed by atoms with van der Waals surface area (Å²) in [6, 6.07) is 8.39. The molecule has 5 aliphatic rings. The zero-order chi connectivity index (χ0) is 43.4. The molecule has 4 aliphatic heterocycles. The molecular formula is C44H59F2N5O9. The molecule has 1 aliphatic carbocycles. The Kier molecular flexibility index (Phi) is 14.0. The van der Waals surface area contributed by atoms with E-state index in [9.17, 15) is 32.8 Å². The van der Waals surface area contributed by atoms with Crippen LogP contribution in [0.25, 0.3) is 11.1 Å². The Hall–Kier alpha value is -4.51. The van der Waals surface area contributed by atoms with Crippen molar-refractivity contribution < 1.29 is 52.0 Å². The number of ether oxygens (including phenoxy) is 2. The fourth-order valence-electron chi connectivity index (χ4n) is 9.22. The molecule has 1 unspecified atom stereocenters. The van der Waals surface area contributed by atoms with Crippen molar-refractivity contribution in [2.75, 3.05) is 19.6 Å². The molecule has 0 aromatic heterocycles. The van der Waals surface area contributed by atoms with E-state index in [0.29, 0.717) is 17.9 Å². The van der Waals surface area contributed by atoms with E-state index in [-0.39, 0.29) is 80.1 Å². The van der Waals surface area contributed by atoms with Gasteiger partial charge in [0.25, 0.3) is 5.91 Å². The van der Waals surface area contributed by atoms with E-state index in [0.717, 1.165) is 25.3 Å². The molecule has 0 radical (unpaired) electrons. The van der Waals surface area contributed by atoms with Gasteiger partial charge in [-0.3, -0.25) is 24.0 Å². The van der Waals surface area contributed by atoms with Crippen molar-refractivity contribution in [1.29, 1.82) is 0 Å². The minimum atomic E-state index is -1.24. The molecule has 1 spiro atoms. The maximum atomic E-state index is 14.6. The van der Waals surface area contributed by atoms with Crippen LogP contribution in [0, 0.1) is 35.3 Å². The van der Waals surface area contributed by atoms with Gasteiger partial charge in [0.2, 0.25) is 29.4 Å². The molecule has 9 atom stereocenters. The molecule has 1 saturated carbocycles. The van der Waals surface area contributed by atoms with Crippen LogP contribution in [0.2, 0.25) is 0 Å². The number of halogens is 2. The van der Waals surface area contributed by atoms with Gasteiger partial charge in [-0.05, 0) is 94.9 Å². The number of rotatable bonds is 15. The number of carbonyl (C=O) groups is 5. The van der Waals surface area contributed by atoms with Gasteiger partial charge in [-0.1, -0.05) is 38.1 Å². The van der Waals surface area contributed by atoms with Crippen molar-refractivity contribution in [3.8, 4) is 11.1 Å². The predicted octanol–water partition coefficient (Wildman–Crippen LogP) is 4.80. The molecule has 7 rings (SSSR count). The number of hydrogen-bond donors (Lipinski definition) is 5. The molecule has 16 heteroatoms. The summed E-state index contributed by atoms with van der Waals surface area (Å²) < 4.78 is 41.9. The quantitative estimate of drug-likeness (QED) is 0.124. The highest BCUT2D eigenvalue weighted by Crippen LogP contribution is 2.60. The first-order valence-corrected chi connectivity index (χ1v) is 21.1. The van der Waals surface area contributed by atoms with Gasteiger partial charge in [-0.25, -0.2) is 18.6 Å². The Morgan fingerprint density at radius 3 is 2.35 bits per heavy atom. The van der Waals surface area contributed by atoms with Gasteiger partial charge in [-0.15, -0.1) is 0 Å². The number of carbonyl (C=O) groups excluding carboxylic acids is 5. The third-order valence-corrected chi connectivity index (χ3v) is 12.2. The lowest BCUT2D eigenvalue weighted by Gasteiger charge is -2.60. The molecule has 328 valence electrons. The van der Waals surface area contributed by atoms with E-state index >= 15 is 0 Å². The number of amides is 5. The fourth-order valence-corrected chi connectivity index (χ4v) is 9.22. The Labute approximate surface area is 349 Å². The maximum absolute atomic E-state index is 14.6. The zero-order valence-electron chi connectivity index (χ0n) is 35.3. The van der Waals surface area contributed by atoms with Gasteiger partial charge in [0.1, 0.15) is 17.7 Å².